The fourth-order valence-corrected chi connectivity index (χ4v) is 1.63. The molecule has 0 saturated carbocycles. The average Bonchev–Trinajstić information content (AvgIpc) is 2.45. The molecule has 0 aliphatic heterocycles. The van der Waals surface area contributed by atoms with Crippen LogP contribution in [-0.4, -0.2) is 16.6 Å². The number of carbonyl (C=O) groups excluding carboxylic acids is 1. The Morgan fingerprint density at radius 1 is 1.21 bits per heavy atom. The van der Waals surface area contributed by atoms with Gasteiger partial charge in [0.15, 0.2) is 0 Å². The Bertz CT molecular complexity index is 606. The molecule has 0 fully saturated rings. The van der Waals surface area contributed by atoms with Crippen molar-refractivity contribution in [2.24, 2.45) is 5.10 Å². The third kappa shape index (κ3) is 3.48. The largest absolute Gasteiger partial charge is 0.271 e. The number of nitrogens with zero attached hydrogens (tertiary/aromatic N) is 2. The van der Waals surface area contributed by atoms with Gasteiger partial charge in [0.25, 0.3) is 5.91 Å². The van der Waals surface area contributed by atoms with Crippen molar-refractivity contribution >= 4 is 11.6 Å². The SMILES string of the molecule is C/C(=N\NC(=O)c1cccc(C)c1)c1cccnc1. The van der Waals surface area contributed by atoms with Crippen LogP contribution < -0.4 is 5.43 Å². The van der Waals surface area contributed by atoms with E-state index in [2.05, 4.69) is 15.5 Å². The van der Waals surface area contributed by atoms with Gasteiger partial charge in [-0.25, -0.2) is 5.43 Å². The lowest BCUT2D eigenvalue weighted by atomic mass is 10.1. The lowest BCUT2D eigenvalue weighted by molar-refractivity contribution is 0.0954. The standard InChI is InChI=1S/C15H15N3O/c1-11-5-3-6-13(9-11)15(19)18-17-12(2)14-7-4-8-16-10-14/h3-10H,1-2H3,(H,18,19)/b17-12+. The van der Waals surface area contributed by atoms with Gasteiger partial charge < -0.3 is 0 Å². The molecule has 4 heteroatoms. The van der Waals surface area contributed by atoms with Crippen LogP contribution in [0.5, 0.6) is 0 Å². The summed E-state index contributed by atoms with van der Waals surface area (Å²) in [6, 6.07) is 11.1. The molecule has 0 saturated heterocycles. The summed E-state index contributed by atoms with van der Waals surface area (Å²) in [5, 5.41) is 4.08. The zero-order chi connectivity index (χ0) is 13.7. The first kappa shape index (κ1) is 13.0. The van der Waals surface area contributed by atoms with Crippen LogP contribution in [0.1, 0.15) is 28.4 Å². The van der Waals surface area contributed by atoms with E-state index in [1.54, 1.807) is 18.5 Å². The summed E-state index contributed by atoms with van der Waals surface area (Å²) in [7, 11) is 0. The zero-order valence-corrected chi connectivity index (χ0v) is 10.9. The third-order valence-electron chi connectivity index (χ3n) is 2.68. The Morgan fingerprint density at radius 2 is 2.00 bits per heavy atom. The predicted molar refractivity (Wildman–Crippen MR) is 75.1 cm³/mol. The van der Waals surface area contributed by atoms with E-state index in [1.165, 1.54) is 0 Å². The Balaban J connectivity index is 2.08. The topological polar surface area (TPSA) is 54.4 Å². The number of aromatic nitrogens is 1. The van der Waals surface area contributed by atoms with Crippen molar-refractivity contribution in [1.82, 2.24) is 10.4 Å². The lowest BCUT2D eigenvalue weighted by Gasteiger charge is -2.03. The summed E-state index contributed by atoms with van der Waals surface area (Å²) in [4.78, 5) is 15.9. The number of carbonyl (C=O) groups is 1. The van der Waals surface area contributed by atoms with Crippen LogP contribution in [0, 0.1) is 6.92 Å². The molecule has 4 nitrogen and oxygen atoms in total. The predicted octanol–water partition coefficient (Wildman–Crippen LogP) is 2.54. The number of hydrogen-bond donors (Lipinski definition) is 1. The summed E-state index contributed by atoms with van der Waals surface area (Å²) >= 11 is 0. The number of hydrazone groups is 1. The van der Waals surface area contributed by atoms with Gasteiger partial charge in [0.05, 0.1) is 5.71 Å². The Hall–Kier alpha value is -2.49. The maximum atomic E-state index is 11.9. The van der Waals surface area contributed by atoms with E-state index >= 15 is 0 Å². The van der Waals surface area contributed by atoms with E-state index in [4.69, 9.17) is 0 Å². The quantitative estimate of drug-likeness (QED) is 0.675. The molecule has 96 valence electrons. The second kappa shape index (κ2) is 5.91. The van der Waals surface area contributed by atoms with Crippen molar-refractivity contribution in [3.05, 3.63) is 65.5 Å². The van der Waals surface area contributed by atoms with Gasteiger partial charge >= 0.3 is 0 Å². The van der Waals surface area contributed by atoms with Gasteiger partial charge in [-0.1, -0.05) is 23.8 Å². The molecule has 1 aromatic carbocycles. The van der Waals surface area contributed by atoms with E-state index in [1.807, 2.05) is 44.2 Å². The Labute approximate surface area is 112 Å². The van der Waals surface area contributed by atoms with Gasteiger partial charge in [-0.05, 0) is 32.0 Å². The van der Waals surface area contributed by atoms with Gasteiger partial charge in [-0.2, -0.15) is 5.10 Å². The minimum atomic E-state index is -0.216. The summed E-state index contributed by atoms with van der Waals surface area (Å²) in [5.41, 5.74) is 5.79. The smallest absolute Gasteiger partial charge is 0.267 e. The van der Waals surface area contributed by atoms with Gasteiger partial charge in [0, 0.05) is 23.5 Å². The van der Waals surface area contributed by atoms with Crippen LogP contribution in [0.4, 0.5) is 0 Å². The van der Waals surface area contributed by atoms with Crippen LogP contribution in [0.2, 0.25) is 0 Å². The van der Waals surface area contributed by atoms with E-state index in [0.717, 1.165) is 11.1 Å². The third-order valence-corrected chi connectivity index (χ3v) is 2.68. The van der Waals surface area contributed by atoms with Crippen LogP contribution in [-0.2, 0) is 0 Å². The van der Waals surface area contributed by atoms with Crippen LogP contribution in [0.25, 0.3) is 0 Å². The summed E-state index contributed by atoms with van der Waals surface area (Å²) in [6.07, 6.45) is 3.40. The van der Waals surface area contributed by atoms with Gasteiger partial charge in [0.2, 0.25) is 0 Å². The molecule has 2 rings (SSSR count). The number of amides is 1. The molecule has 0 atom stereocenters. The average molecular weight is 253 g/mol. The normalized spacial score (nSPS) is 11.2. The van der Waals surface area contributed by atoms with E-state index < -0.39 is 0 Å². The van der Waals surface area contributed by atoms with Crippen molar-refractivity contribution in [2.45, 2.75) is 13.8 Å². The number of nitrogens with one attached hydrogen (secondary N) is 1. The number of aryl methyl sites for hydroxylation is 1. The summed E-state index contributed by atoms with van der Waals surface area (Å²) in [5.74, 6) is -0.216. The van der Waals surface area contributed by atoms with Crippen molar-refractivity contribution in [1.29, 1.82) is 0 Å². The molecule has 0 radical (unpaired) electrons. The highest BCUT2D eigenvalue weighted by atomic mass is 16.2. The lowest BCUT2D eigenvalue weighted by Crippen LogP contribution is -2.19. The van der Waals surface area contributed by atoms with Crippen molar-refractivity contribution in [2.75, 3.05) is 0 Å². The first-order chi connectivity index (χ1) is 9.16. The fraction of sp³-hybridized carbons (Fsp3) is 0.133. The highest BCUT2D eigenvalue weighted by Crippen LogP contribution is 2.04. The molecule has 1 amide bonds. The van der Waals surface area contributed by atoms with Gasteiger partial charge in [0.1, 0.15) is 0 Å². The van der Waals surface area contributed by atoms with Gasteiger partial charge in [-0.15, -0.1) is 0 Å². The Kier molecular flexibility index (Phi) is 4.03. The second-order valence-electron chi connectivity index (χ2n) is 4.25. The molecular formula is C15H15N3O. The maximum Gasteiger partial charge on any atom is 0.271 e. The molecule has 0 aliphatic rings. The molecule has 0 aliphatic carbocycles. The van der Waals surface area contributed by atoms with Gasteiger partial charge in [-0.3, -0.25) is 9.78 Å². The van der Waals surface area contributed by atoms with Crippen molar-refractivity contribution < 1.29 is 4.79 Å². The van der Waals surface area contributed by atoms with Crippen molar-refractivity contribution in [3.63, 3.8) is 0 Å². The molecule has 1 heterocycles. The number of benzene rings is 1. The van der Waals surface area contributed by atoms with E-state index in [0.29, 0.717) is 11.3 Å². The minimum absolute atomic E-state index is 0.216. The summed E-state index contributed by atoms with van der Waals surface area (Å²) < 4.78 is 0. The zero-order valence-electron chi connectivity index (χ0n) is 10.9. The second-order valence-corrected chi connectivity index (χ2v) is 4.25. The van der Waals surface area contributed by atoms with Crippen LogP contribution in [0.15, 0.2) is 53.9 Å². The highest BCUT2D eigenvalue weighted by molar-refractivity contribution is 6.00. The number of pyridine rings is 1. The molecule has 0 bridgehead atoms. The number of hydrogen-bond acceptors (Lipinski definition) is 3. The first-order valence-corrected chi connectivity index (χ1v) is 5.98. The minimum Gasteiger partial charge on any atom is -0.267 e. The van der Waals surface area contributed by atoms with Crippen molar-refractivity contribution in [3.8, 4) is 0 Å². The Morgan fingerprint density at radius 3 is 2.68 bits per heavy atom. The molecule has 2 aromatic rings. The molecule has 0 spiro atoms. The monoisotopic (exact) mass is 253 g/mol. The molecule has 19 heavy (non-hydrogen) atoms. The molecular weight excluding hydrogens is 238 g/mol. The fourth-order valence-electron chi connectivity index (χ4n) is 1.63. The maximum absolute atomic E-state index is 11.9. The van der Waals surface area contributed by atoms with Crippen LogP contribution in [0.3, 0.4) is 0 Å². The first-order valence-electron chi connectivity index (χ1n) is 5.98. The molecule has 1 aromatic heterocycles. The molecule has 1 N–H and O–H groups in total. The molecule has 0 unspecified atom stereocenters. The van der Waals surface area contributed by atoms with E-state index in [9.17, 15) is 4.79 Å². The highest BCUT2D eigenvalue weighted by Gasteiger charge is 2.04. The number of rotatable bonds is 3. The van der Waals surface area contributed by atoms with Crippen LogP contribution >= 0.6 is 0 Å². The van der Waals surface area contributed by atoms with E-state index in [-0.39, 0.29) is 5.91 Å². The summed E-state index contributed by atoms with van der Waals surface area (Å²) in [6.45, 7) is 3.77.